The van der Waals surface area contributed by atoms with Gasteiger partial charge in [-0.15, -0.1) is 0 Å². The molecule has 1 unspecified atom stereocenters. The lowest BCUT2D eigenvalue weighted by atomic mass is 9.82. The molecule has 0 bridgehead atoms. The molecule has 0 aliphatic carbocycles. The number of unbranched alkanes of at least 4 members (excludes halogenated alkanes) is 3. The van der Waals surface area contributed by atoms with E-state index in [0.29, 0.717) is 6.42 Å². The van der Waals surface area contributed by atoms with Gasteiger partial charge in [0.25, 0.3) is 0 Å². The molecule has 156 valence electrons. The first-order valence-corrected chi connectivity index (χ1v) is 10.6. The third kappa shape index (κ3) is 5.47. The van der Waals surface area contributed by atoms with E-state index in [1.54, 1.807) is 12.1 Å². The van der Waals surface area contributed by atoms with Crippen molar-refractivity contribution < 1.29 is 19.4 Å². The predicted molar refractivity (Wildman–Crippen MR) is 115 cm³/mol. The van der Waals surface area contributed by atoms with E-state index in [-0.39, 0.29) is 11.1 Å². The lowest BCUT2D eigenvalue weighted by Gasteiger charge is -2.35. The average Bonchev–Trinajstić information content (AvgIpc) is 2.75. The summed E-state index contributed by atoms with van der Waals surface area (Å²) in [5, 5.41) is 9.46. The minimum absolute atomic E-state index is 0.0303. The molecule has 2 rings (SSSR count). The number of hydrogen-bond acceptors (Lipinski definition) is 3. The summed E-state index contributed by atoms with van der Waals surface area (Å²) >= 11 is 0. The fourth-order valence-corrected chi connectivity index (χ4v) is 3.87. The Morgan fingerprint density at radius 1 is 0.897 bits per heavy atom. The Morgan fingerprint density at radius 3 is 2.17 bits per heavy atom. The number of carbonyl (C=O) groups excluding carboxylic acids is 1. The SMILES string of the molecule is CCCCCCC(CC)(OC(=O)c1ccccc1C(=O)O)c1ccccc1CC. The molecule has 2 aromatic carbocycles. The average molecular weight is 397 g/mol. The molecule has 0 heterocycles. The molecule has 0 spiro atoms. The summed E-state index contributed by atoms with van der Waals surface area (Å²) in [6, 6.07) is 14.3. The molecule has 4 nitrogen and oxygen atoms in total. The van der Waals surface area contributed by atoms with E-state index in [1.165, 1.54) is 12.1 Å². The molecule has 1 atom stereocenters. The van der Waals surface area contributed by atoms with Gasteiger partial charge in [-0.2, -0.15) is 0 Å². The quantitative estimate of drug-likeness (QED) is 0.353. The highest BCUT2D eigenvalue weighted by Gasteiger charge is 2.36. The van der Waals surface area contributed by atoms with Gasteiger partial charge in [-0.05, 0) is 48.9 Å². The number of carboxylic acid groups (broad SMARTS) is 1. The number of benzene rings is 2. The van der Waals surface area contributed by atoms with Crippen molar-refractivity contribution in [3.05, 3.63) is 70.8 Å². The van der Waals surface area contributed by atoms with Gasteiger partial charge in [-0.1, -0.05) is 76.4 Å². The highest BCUT2D eigenvalue weighted by atomic mass is 16.6. The van der Waals surface area contributed by atoms with Crippen molar-refractivity contribution in [2.75, 3.05) is 0 Å². The Kier molecular flexibility index (Phi) is 8.44. The van der Waals surface area contributed by atoms with Gasteiger partial charge >= 0.3 is 11.9 Å². The maximum absolute atomic E-state index is 13.1. The summed E-state index contributed by atoms with van der Waals surface area (Å²) in [5.41, 5.74) is 1.49. The van der Waals surface area contributed by atoms with Crippen LogP contribution in [0.4, 0.5) is 0 Å². The Bertz CT molecular complexity index is 827. The second-order valence-electron chi connectivity index (χ2n) is 7.41. The van der Waals surface area contributed by atoms with Crippen LogP contribution in [0.3, 0.4) is 0 Å². The first-order chi connectivity index (χ1) is 14.0. The second kappa shape index (κ2) is 10.8. The van der Waals surface area contributed by atoms with Crippen LogP contribution in [-0.2, 0) is 16.8 Å². The summed E-state index contributed by atoms with van der Waals surface area (Å²) < 4.78 is 6.17. The molecule has 0 saturated carbocycles. The zero-order valence-electron chi connectivity index (χ0n) is 17.7. The highest BCUT2D eigenvalue weighted by molar-refractivity contribution is 6.02. The van der Waals surface area contributed by atoms with Crippen molar-refractivity contribution in [2.24, 2.45) is 0 Å². The monoisotopic (exact) mass is 396 g/mol. The molecular formula is C25H32O4. The van der Waals surface area contributed by atoms with Crippen LogP contribution >= 0.6 is 0 Å². The molecule has 0 aromatic heterocycles. The summed E-state index contributed by atoms with van der Waals surface area (Å²) in [7, 11) is 0. The standard InChI is InChI=1S/C25H32O4/c1-4-7-8-13-18-25(6-3,22-17-12-9-14-19(22)5-2)29-24(28)21-16-11-10-15-20(21)23(26)27/h9-12,14-17H,4-8,13,18H2,1-3H3,(H,26,27). The van der Waals surface area contributed by atoms with Crippen LogP contribution in [0, 0.1) is 0 Å². The lowest BCUT2D eigenvalue weighted by molar-refractivity contribution is -0.0307. The van der Waals surface area contributed by atoms with Crippen LogP contribution < -0.4 is 0 Å². The fraction of sp³-hybridized carbons (Fsp3) is 0.440. The van der Waals surface area contributed by atoms with Crippen molar-refractivity contribution in [3.8, 4) is 0 Å². The zero-order chi connectivity index (χ0) is 21.3. The van der Waals surface area contributed by atoms with Crippen molar-refractivity contribution in [1.82, 2.24) is 0 Å². The molecule has 2 aromatic rings. The van der Waals surface area contributed by atoms with Gasteiger partial charge in [-0.3, -0.25) is 0 Å². The van der Waals surface area contributed by atoms with E-state index in [2.05, 4.69) is 19.9 Å². The van der Waals surface area contributed by atoms with Crippen LogP contribution in [0.15, 0.2) is 48.5 Å². The number of aromatic carboxylic acids is 1. The normalized spacial score (nSPS) is 12.9. The molecular weight excluding hydrogens is 364 g/mol. The molecule has 4 heteroatoms. The number of hydrogen-bond donors (Lipinski definition) is 1. The van der Waals surface area contributed by atoms with E-state index in [1.807, 2.05) is 25.1 Å². The van der Waals surface area contributed by atoms with Crippen molar-refractivity contribution in [1.29, 1.82) is 0 Å². The Balaban J connectivity index is 2.44. The van der Waals surface area contributed by atoms with Gasteiger partial charge in [0.15, 0.2) is 0 Å². The predicted octanol–water partition coefficient (Wildman–Crippen LogP) is 6.38. The van der Waals surface area contributed by atoms with Gasteiger partial charge in [0.05, 0.1) is 11.1 Å². The molecule has 1 N–H and O–H groups in total. The first-order valence-electron chi connectivity index (χ1n) is 10.6. The van der Waals surface area contributed by atoms with E-state index >= 15 is 0 Å². The smallest absolute Gasteiger partial charge is 0.339 e. The number of carbonyl (C=O) groups is 2. The first kappa shape index (κ1) is 22.7. The summed E-state index contributed by atoms with van der Waals surface area (Å²) in [4.78, 5) is 24.7. The lowest BCUT2D eigenvalue weighted by Crippen LogP contribution is -2.33. The van der Waals surface area contributed by atoms with E-state index < -0.39 is 17.5 Å². The highest BCUT2D eigenvalue weighted by Crippen LogP contribution is 2.38. The minimum atomic E-state index is -1.13. The molecule has 0 fully saturated rings. The maximum Gasteiger partial charge on any atom is 0.339 e. The van der Waals surface area contributed by atoms with Gasteiger partial charge in [0.1, 0.15) is 5.60 Å². The van der Waals surface area contributed by atoms with Crippen LogP contribution in [0.2, 0.25) is 0 Å². The van der Waals surface area contributed by atoms with Gasteiger partial charge in [0, 0.05) is 0 Å². The third-order valence-corrected chi connectivity index (χ3v) is 5.56. The maximum atomic E-state index is 13.1. The zero-order valence-corrected chi connectivity index (χ0v) is 17.7. The summed E-state index contributed by atoms with van der Waals surface area (Å²) in [5.74, 6) is -1.71. The van der Waals surface area contributed by atoms with Crippen molar-refractivity contribution in [2.45, 2.75) is 71.3 Å². The van der Waals surface area contributed by atoms with Crippen LogP contribution in [0.1, 0.15) is 91.1 Å². The summed E-state index contributed by atoms with van der Waals surface area (Å²) in [6.45, 7) is 6.29. The van der Waals surface area contributed by atoms with Crippen molar-refractivity contribution >= 4 is 11.9 Å². The number of ether oxygens (including phenoxy) is 1. The minimum Gasteiger partial charge on any atom is -0.478 e. The Morgan fingerprint density at radius 2 is 1.55 bits per heavy atom. The second-order valence-corrected chi connectivity index (χ2v) is 7.41. The number of carboxylic acids is 1. The Hall–Kier alpha value is -2.62. The van der Waals surface area contributed by atoms with Crippen LogP contribution in [-0.4, -0.2) is 17.0 Å². The van der Waals surface area contributed by atoms with Crippen LogP contribution in [0.25, 0.3) is 0 Å². The van der Waals surface area contributed by atoms with Gasteiger partial charge in [-0.25, -0.2) is 9.59 Å². The third-order valence-electron chi connectivity index (χ3n) is 5.56. The van der Waals surface area contributed by atoms with Gasteiger partial charge < -0.3 is 9.84 Å². The van der Waals surface area contributed by atoms with E-state index in [9.17, 15) is 14.7 Å². The summed E-state index contributed by atoms with van der Waals surface area (Å²) in [6.07, 6.45) is 6.51. The van der Waals surface area contributed by atoms with Crippen LogP contribution in [0.5, 0.6) is 0 Å². The number of aryl methyl sites for hydroxylation is 1. The largest absolute Gasteiger partial charge is 0.478 e. The molecule has 0 saturated heterocycles. The fourth-order valence-electron chi connectivity index (χ4n) is 3.87. The van der Waals surface area contributed by atoms with Crippen molar-refractivity contribution in [3.63, 3.8) is 0 Å². The Labute approximate surface area is 173 Å². The number of esters is 1. The molecule has 0 aliphatic rings. The van der Waals surface area contributed by atoms with E-state index in [0.717, 1.165) is 49.7 Å². The topological polar surface area (TPSA) is 63.6 Å². The van der Waals surface area contributed by atoms with E-state index in [4.69, 9.17) is 4.74 Å². The molecule has 0 aliphatic heterocycles. The number of rotatable bonds is 11. The molecule has 0 radical (unpaired) electrons. The molecule has 0 amide bonds. The van der Waals surface area contributed by atoms with Gasteiger partial charge in [0.2, 0.25) is 0 Å². The molecule has 29 heavy (non-hydrogen) atoms.